The van der Waals surface area contributed by atoms with Crippen molar-refractivity contribution in [2.75, 3.05) is 13.7 Å². The molecule has 0 bridgehead atoms. The van der Waals surface area contributed by atoms with Gasteiger partial charge in [0.2, 0.25) is 0 Å². The highest BCUT2D eigenvalue weighted by molar-refractivity contribution is 6.30. The van der Waals surface area contributed by atoms with Crippen LogP contribution >= 0.6 is 11.6 Å². The Hall–Kier alpha value is -3.32. The Morgan fingerprint density at radius 2 is 1.90 bits per heavy atom. The third kappa shape index (κ3) is 4.41. The summed E-state index contributed by atoms with van der Waals surface area (Å²) in [6.07, 6.45) is 4.82. The van der Waals surface area contributed by atoms with Crippen molar-refractivity contribution in [2.24, 2.45) is 5.41 Å². The van der Waals surface area contributed by atoms with Crippen molar-refractivity contribution in [2.45, 2.75) is 20.8 Å². The Labute approximate surface area is 184 Å². The first-order chi connectivity index (χ1) is 14.7. The molecule has 4 aromatic rings. The molecule has 31 heavy (non-hydrogen) atoms. The van der Waals surface area contributed by atoms with E-state index in [9.17, 15) is 4.79 Å². The summed E-state index contributed by atoms with van der Waals surface area (Å²) in [6.45, 7) is 6.83. The average molecular weight is 439 g/mol. The number of nitrogens with zero attached hydrogens (tertiary/aromatic N) is 4. The van der Waals surface area contributed by atoms with E-state index in [0.29, 0.717) is 40.0 Å². The van der Waals surface area contributed by atoms with Crippen molar-refractivity contribution >= 4 is 17.1 Å². The molecule has 3 heterocycles. The van der Waals surface area contributed by atoms with Gasteiger partial charge in [0.1, 0.15) is 11.8 Å². The van der Waals surface area contributed by atoms with Crippen LogP contribution in [0.25, 0.3) is 22.5 Å². The molecule has 160 valence electrons. The van der Waals surface area contributed by atoms with Crippen LogP contribution in [0.3, 0.4) is 0 Å². The Balaban J connectivity index is 1.71. The number of pyridine rings is 1. The fourth-order valence-electron chi connectivity index (χ4n) is 3.08. The first-order valence-corrected chi connectivity index (χ1v) is 10.2. The van der Waals surface area contributed by atoms with E-state index in [1.165, 1.54) is 10.9 Å². The van der Waals surface area contributed by atoms with E-state index in [4.69, 9.17) is 21.1 Å². The lowest BCUT2D eigenvalue weighted by Gasteiger charge is -2.20. The van der Waals surface area contributed by atoms with Crippen molar-refractivity contribution < 1.29 is 9.47 Å². The van der Waals surface area contributed by atoms with Gasteiger partial charge in [-0.2, -0.15) is 5.10 Å². The average Bonchev–Trinajstić information content (AvgIpc) is 3.18. The maximum atomic E-state index is 13.2. The fourth-order valence-corrected chi connectivity index (χ4v) is 3.19. The molecule has 0 saturated heterocycles. The summed E-state index contributed by atoms with van der Waals surface area (Å²) in [5.41, 5.74) is 2.36. The summed E-state index contributed by atoms with van der Waals surface area (Å²) in [7, 11) is 1.58. The van der Waals surface area contributed by atoms with Gasteiger partial charge in [0.25, 0.3) is 5.56 Å². The van der Waals surface area contributed by atoms with Crippen molar-refractivity contribution in [1.29, 1.82) is 0 Å². The molecule has 0 spiro atoms. The Bertz CT molecular complexity index is 1290. The smallest absolute Gasteiger partial charge is 0.282 e. The summed E-state index contributed by atoms with van der Waals surface area (Å²) < 4.78 is 14.4. The number of halogens is 1. The van der Waals surface area contributed by atoms with Crippen LogP contribution in [0.4, 0.5) is 0 Å². The van der Waals surface area contributed by atoms with Crippen molar-refractivity contribution in [3.63, 3.8) is 0 Å². The molecule has 0 radical (unpaired) electrons. The highest BCUT2D eigenvalue weighted by Gasteiger charge is 2.15. The molecule has 0 saturated carbocycles. The molecule has 0 N–H and O–H groups in total. The van der Waals surface area contributed by atoms with Gasteiger partial charge in [-0.15, -0.1) is 0 Å². The topological polar surface area (TPSA) is 70.7 Å². The summed E-state index contributed by atoms with van der Waals surface area (Å²) in [6, 6.07) is 10.7. The van der Waals surface area contributed by atoms with E-state index in [1.54, 1.807) is 54.4 Å². The van der Waals surface area contributed by atoms with Gasteiger partial charge in [0.05, 0.1) is 30.1 Å². The monoisotopic (exact) mass is 438 g/mol. The number of benzene rings is 1. The van der Waals surface area contributed by atoms with Crippen LogP contribution in [0.5, 0.6) is 11.5 Å². The minimum atomic E-state index is -0.208. The molecule has 0 aliphatic heterocycles. The van der Waals surface area contributed by atoms with E-state index in [2.05, 4.69) is 30.9 Å². The number of fused-ring (bicyclic) bond motifs is 1. The predicted octanol–water partition coefficient (Wildman–Crippen LogP) is 4.63. The van der Waals surface area contributed by atoms with Gasteiger partial charge < -0.3 is 9.47 Å². The van der Waals surface area contributed by atoms with Gasteiger partial charge in [-0.25, -0.2) is 4.52 Å². The highest BCUT2D eigenvalue weighted by Crippen LogP contribution is 2.31. The van der Waals surface area contributed by atoms with Gasteiger partial charge in [-0.1, -0.05) is 32.4 Å². The van der Waals surface area contributed by atoms with Gasteiger partial charge in [0.15, 0.2) is 11.5 Å². The number of hydrogen-bond acceptors (Lipinski definition) is 5. The molecule has 0 unspecified atom stereocenters. The molecule has 0 atom stereocenters. The number of methoxy groups -OCH3 is 1. The zero-order valence-electron chi connectivity index (χ0n) is 17.8. The molecule has 4 rings (SSSR count). The third-order valence-corrected chi connectivity index (χ3v) is 4.86. The van der Waals surface area contributed by atoms with E-state index in [-0.39, 0.29) is 11.0 Å². The van der Waals surface area contributed by atoms with Gasteiger partial charge in [-0.3, -0.25) is 14.3 Å². The predicted molar refractivity (Wildman–Crippen MR) is 121 cm³/mol. The maximum absolute atomic E-state index is 13.2. The normalized spacial score (nSPS) is 11.6. The minimum absolute atomic E-state index is 0.0151. The van der Waals surface area contributed by atoms with Crippen molar-refractivity contribution in [1.82, 2.24) is 19.2 Å². The largest absolute Gasteiger partial charge is 0.493 e. The summed E-state index contributed by atoms with van der Waals surface area (Å²) in [4.78, 5) is 17.5. The Kier molecular flexibility index (Phi) is 5.45. The fraction of sp³-hybridized carbons (Fsp3) is 0.261. The lowest BCUT2D eigenvalue weighted by Crippen LogP contribution is -2.21. The highest BCUT2D eigenvalue weighted by atomic mass is 35.5. The van der Waals surface area contributed by atoms with Crippen molar-refractivity contribution in [3.05, 3.63) is 70.5 Å². The van der Waals surface area contributed by atoms with E-state index in [1.807, 2.05) is 6.07 Å². The molecule has 8 heteroatoms. The number of ether oxygens (including phenoxy) is 2. The SMILES string of the molecule is COc1cc(-n2cnn3cc(-c4ccc(Cl)cn4)cc3c2=O)ccc1OCC(C)(C)C. The molecule has 3 aromatic heterocycles. The zero-order valence-corrected chi connectivity index (χ0v) is 18.6. The van der Waals surface area contributed by atoms with Crippen LogP contribution in [0.1, 0.15) is 20.8 Å². The zero-order chi connectivity index (χ0) is 22.2. The second-order valence-corrected chi connectivity index (χ2v) is 8.85. The first kappa shape index (κ1) is 20.9. The molecule has 0 aliphatic rings. The summed E-state index contributed by atoms with van der Waals surface area (Å²) >= 11 is 5.92. The molecule has 7 nitrogen and oxygen atoms in total. The lowest BCUT2D eigenvalue weighted by atomic mass is 9.99. The molecule has 0 amide bonds. The number of rotatable bonds is 5. The van der Waals surface area contributed by atoms with Gasteiger partial charge in [-0.05, 0) is 35.7 Å². The van der Waals surface area contributed by atoms with Crippen LogP contribution in [0, 0.1) is 5.41 Å². The second-order valence-electron chi connectivity index (χ2n) is 8.41. The summed E-state index contributed by atoms with van der Waals surface area (Å²) in [5.74, 6) is 1.18. The van der Waals surface area contributed by atoms with Crippen LogP contribution in [-0.4, -0.2) is 32.9 Å². The molecular formula is C23H23ClN4O3. The van der Waals surface area contributed by atoms with Crippen molar-refractivity contribution in [3.8, 4) is 28.4 Å². The van der Waals surface area contributed by atoms with E-state index >= 15 is 0 Å². The maximum Gasteiger partial charge on any atom is 0.282 e. The number of hydrogen-bond donors (Lipinski definition) is 0. The second kappa shape index (κ2) is 8.07. The molecule has 0 fully saturated rings. The van der Waals surface area contributed by atoms with E-state index in [0.717, 1.165) is 5.56 Å². The van der Waals surface area contributed by atoms with E-state index < -0.39 is 0 Å². The molecule has 1 aromatic carbocycles. The quantitative estimate of drug-likeness (QED) is 0.454. The Morgan fingerprint density at radius 3 is 2.58 bits per heavy atom. The van der Waals surface area contributed by atoms with Crippen LogP contribution in [0.2, 0.25) is 5.02 Å². The van der Waals surface area contributed by atoms with Crippen LogP contribution < -0.4 is 15.0 Å². The summed E-state index contributed by atoms with van der Waals surface area (Å²) in [5, 5.41) is 4.94. The Morgan fingerprint density at radius 1 is 1.10 bits per heavy atom. The first-order valence-electron chi connectivity index (χ1n) is 9.78. The molecule has 0 aliphatic carbocycles. The van der Waals surface area contributed by atoms with Gasteiger partial charge >= 0.3 is 0 Å². The number of aromatic nitrogens is 4. The van der Waals surface area contributed by atoms with Crippen LogP contribution in [-0.2, 0) is 0 Å². The molecular weight excluding hydrogens is 416 g/mol. The minimum Gasteiger partial charge on any atom is -0.493 e. The standard InChI is InChI=1S/C23H23ClN4O3/c1-23(2,3)13-31-20-8-6-17(10-21(20)30-4)27-14-26-28-12-15(9-19(28)22(27)29)18-7-5-16(24)11-25-18/h5-12,14H,13H2,1-4H3. The lowest BCUT2D eigenvalue weighted by molar-refractivity contribution is 0.191. The van der Waals surface area contributed by atoms with Gasteiger partial charge in [0, 0.05) is 24.0 Å². The van der Waals surface area contributed by atoms with Crippen LogP contribution in [0.15, 0.2) is 59.9 Å². The third-order valence-electron chi connectivity index (χ3n) is 4.64.